The van der Waals surface area contributed by atoms with E-state index in [2.05, 4.69) is 11.4 Å². The third-order valence-electron chi connectivity index (χ3n) is 5.39. The standard InChI is InChI=1S/C20H21FN2O/c21-15-6-4-14(5-7-15)13-19(24)20(10-2-11-20)18-9-8-16-17(23-18)3-1-12-22-16/h4-9,22H,1-3,10-13H2. The molecular weight excluding hydrogens is 303 g/mol. The van der Waals surface area contributed by atoms with Crippen LogP contribution in [0.4, 0.5) is 10.1 Å². The number of Topliss-reactive ketones (excluding diaryl/α,β-unsaturated/α-hetero) is 1. The van der Waals surface area contributed by atoms with Gasteiger partial charge in [0.15, 0.2) is 0 Å². The van der Waals surface area contributed by atoms with E-state index in [0.717, 1.165) is 61.3 Å². The molecule has 2 aromatic rings. The van der Waals surface area contributed by atoms with Crippen LogP contribution < -0.4 is 5.32 Å². The van der Waals surface area contributed by atoms with Crippen molar-refractivity contribution in [2.45, 2.75) is 43.9 Å². The van der Waals surface area contributed by atoms with E-state index in [9.17, 15) is 9.18 Å². The lowest BCUT2D eigenvalue weighted by Gasteiger charge is -2.40. The van der Waals surface area contributed by atoms with E-state index in [-0.39, 0.29) is 11.6 Å². The third-order valence-corrected chi connectivity index (χ3v) is 5.39. The van der Waals surface area contributed by atoms with Crippen molar-refractivity contribution in [2.24, 2.45) is 0 Å². The van der Waals surface area contributed by atoms with Gasteiger partial charge in [0.25, 0.3) is 0 Å². The summed E-state index contributed by atoms with van der Waals surface area (Å²) in [5.41, 5.74) is 3.53. The van der Waals surface area contributed by atoms with E-state index in [4.69, 9.17) is 4.98 Å². The molecule has 0 unspecified atom stereocenters. The second kappa shape index (κ2) is 6.00. The lowest BCUT2D eigenvalue weighted by molar-refractivity contribution is -0.127. The number of halogens is 1. The molecule has 0 radical (unpaired) electrons. The molecule has 1 fully saturated rings. The lowest BCUT2D eigenvalue weighted by atomic mass is 9.62. The molecule has 0 bridgehead atoms. The smallest absolute Gasteiger partial charge is 0.149 e. The summed E-state index contributed by atoms with van der Waals surface area (Å²) >= 11 is 0. The maximum absolute atomic E-state index is 13.1. The number of nitrogens with one attached hydrogen (secondary N) is 1. The van der Waals surface area contributed by atoms with E-state index in [1.54, 1.807) is 12.1 Å². The van der Waals surface area contributed by atoms with Gasteiger partial charge in [0, 0.05) is 13.0 Å². The SMILES string of the molecule is O=C(Cc1ccc(F)cc1)C1(c2ccc3c(n2)CCCN3)CCC1. The molecule has 0 saturated heterocycles. The number of hydrogen-bond donors (Lipinski definition) is 1. The van der Waals surface area contributed by atoms with Crippen molar-refractivity contribution in [1.82, 2.24) is 4.98 Å². The molecule has 0 spiro atoms. The number of nitrogens with zero attached hydrogens (tertiary/aromatic N) is 1. The zero-order valence-electron chi connectivity index (χ0n) is 13.6. The van der Waals surface area contributed by atoms with Crippen LogP contribution in [0.3, 0.4) is 0 Å². The first-order valence-electron chi connectivity index (χ1n) is 8.69. The van der Waals surface area contributed by atoms with Crippen LogP contribution in [0.5, 0.6) is 0 Å². The van der Waals surface area contributed by atoms with Crippen LogP contribution in [0.2, 0.25) is 0 Å². The molecular formula is C20H21FN2O. The van der Waals surface area contributed by atoms with Gasteiger partial charge >= 0.3 is 0 Å². The predicted octanol–water partition coefficient (Wildman–Crippen LogP) is 3.81. The van der Waals surface area contributed by atoms with Gasteiger partial charge in [-0.2, -0.15) is 0 Å². The van der Waals surface area contributed by atoms with Gasteiger partial charge in [0.05, 0.1) is 22.5 Å². The first kappa shape index (κ1) is 15.3. The Morgan fingerprint density at radius 1 is 1.12 bits per heavy atom. The number of hydrogen-bond acceptors (Lipinski definition) is 3. The quantitative estimate of drug-likeness (QED) is 0.930. The van der Waals surface area contributed by atoms with Gasteiger partial charge in [0.1, 0.15) is 11.6 Å². The highest BCUT2D eigenvalue weighted by Gasteiger charge is 2.46. The molecule has 1 saturated carbocycles. The number of aromatic nitrogens is 1. The largest absolute Gasteiger partial charge is 0.384 e. The van der Waals surface area contributed by atoms with Crippen LogP contribution in [0, 0.1) is 5.82 Å². The fraction of sp³-hybridized carbons (Fsp3) is 0.400. The highest BCUT2D eigenvalue weighted by atomic mass is 19.1. The number of benzene rings is 1. The van der Waals surface area contributed by atoms with Gasteiger partial charge in [-0.1, -0.05) is 18.6 Å². The number of pyridine rings is 1. The second-order valence-electron chi connectivity index (χ2n) is 6.88. The number of rotatable bonds is 4. The molecule has 1 aromatic heterocycles. The molecule has 0 amide bonds. The van der Waals surface area contributed by atoms with Crippen molar-refractivity contribution in [1.29, 1.82) is 0 Å². The average molecular weight is 324 g/mol. The van der Waals surface area contributed by atoms with Crippen molar-refractivity contribution in [2.75, 3.05) is 11.9 Å². The van der Waals surface area contributed by atoms with Gasteiger partial charge in [0.2, 0.25) is 0 Å². The summed E-state index contributed by atoms with van der Waals surface area (Å²) < 4.78 is 13.1. The Hall–Kier alpha value is -2.23. The average Bonchev–Trinajstić information content (AvgIpc) is 2.56. The van der Waals surface area contributed by atoms with E-state index in [1.807, 2.05) is 6.07 Å². The Bertz CT molecular complexity index is 766. The molecule has 0 atom stereocenters. The Kier molecular flexibility index (Phi) is 3.83. The number of aryl methyl sites for hydroxylation is 1. The molecule has 3 nitrogen and oxygen atoms in total. The van der Waals surface area contributed by atoms with Crippen LogP contribution in [0.25, 0.3) is 0 Å². The summed E-state index contributed by atoms with van der Waals surface area (Å²) in [7, 11) is 0. The first-order valence-corrected chi connectivity index (χ1v) is 8.69. The molecule has 1 aliphatic heterocycles. The third kappa shape index (κ3) is 2.60. The van der Waals surface area contributed by atoms with Crippen molar-refractivity contribution in [3.63, 3.8) is 0 Å². The summed E-state index contributed by atoms with van der Waals surface area (Å²) in [6.45, 7) is 0.989. The maximum atomic E-state index is 13.1. The molecule has 1 aromatic carbocycles. The summed E-state index contributed by atoms with van der Waals surface area (Å²) in [5.74, 6) is -0.0648. The van der Waals surface area contributed by atoms with E-state index in [1.165, 1.54) is 12.1 Å². The normalized spacial score (nSPS) is 18.2. The van der Waals surface area contributed by atoms with Crippen molar-refractivity contribution < 1.29 is 9.18 Å². The monoisotopic (exact) mass is 324 g/mol. The zero-order valence-corrected chi connectivity index (χ0v) is 13.6. The number of anilines is 1. The topological polar surface area (TPSA) is 42.0 Å². The van der Waals surface area contributed by atoms with Crippen LogP contribution in [0.15, 0.2) is 36.4 Å². The maximum Gasteiger partial charge on any atom is 0.149 e. The minimum absolute atomic E-state index is 0.205. The molecule has 4 heteroatoms. The summed E-state index contributed by atoms with van der Waals surface area (Å²) in [4.78, 5) is 17.9. The van der Waals surface area contributed by atoms with Gasteiger partial charge in [-0.3, -0.25) is 9.78 Å². The molecule has 2 aliphatic rings. The van der Waals surface area contributed by atoms with Crippen molar-refractivity contribution in [3.8, 4) is 0 Å². The zero-order chi connectivity index (χ0) is 16.6. The minimum atomic E-state index is -0.444. The lowest BCUT2D eigenvalue weighted by Crippen LogP contribution is -2.44. The molecule has 1 aliphatic carbocycles. The fourth-order valence-corrected chi connectivity index (χ4v) is 3.76. The van der Waals surface area contributed by atoms with Crippen LogP contribution >= 0.6 is 0 Å². The molecule has 24 heavy (non-hydrogen) atoms. The van der Waals surface area contributed by atoms with Crippen LogP contribution in [0.1, 0.15) is 42.6 Å². The number of fused-ring (bicyclic) bond motifs is 1. The molecule has 124 valence electrons. The van der Waals surface area contributed by atoms with Gasteiger partial charge in [-0.25, -0.2) is 4.39 Å². The van der Waals surface area contributed by atoms with Crippen LogP contribution in [-0.2, 0) is 23.1 Å². The summed E-state index contributed by atoms with van der Waals surface area (Å²) in [5, 5.41) is 3.37. The number of ketones is 1. The molecule has 1 N–H and O–H groups in total. The Morgan fingerprint density at radius 2 is 1.92 bits per heavy atom. The van der Waals surface area contributed by atoms with Gasteiger partial charge < -0.3 is 5.32 Å². The van der Waals surface area contributed by atoms with E-state index in [0.29, 0.717) is 6.42 Å². The van der Waals surface area contributed by atoms with Crippen molar-refractivity contribution in [3.05, 3.63) is 59.2 Å². The van der Waals surface area contributed by atoms with Crippen LogP contribution in [-0.4, -0.2) is 17.3 Å². The summed E-state index contributed by atoms with van der Waals surface area (Å²) in [6, 6.07) is 10.3. The summed E-state index contributed by atoms with van der Waals surface area (Å²) in [6.07, 6.45) is 5.19. The number of carbonyl (C=O) groups excluding carboxylic acids is 1. The highest BCUT2D eigenvalue weighted by Crippen LogP contribution is 2.45. The molecule has 4 rings (SSSR count). The highest BCUT2D eigenvalue weighted by molar-refractivity contribution is 5.92. The van der Waals surface area contributed by atoms with E-state index < -0.39 is 5.41 Å². The van der Waals surface area contributed by atoms with E-state index >= 15 is 0 Å². The predicted molar refractivity (Wildman–Crippen MR) is 91.7 cm³/mol. The molecule has 2 heterocycles. The van der Waals surface area contributed by atoms with Gasteiger partial charge in [-0.15, -0.1) is 0 Å². The Balaban J connectivity index is 1.61. The Morgan fingerprint density at radius 3 is 2.62 bits per heavy atom. The van der Waals surface area contributed by atoms with Gasteiger partial charge in [-0.05, 0) is 55.5 Å². The number of carbonyl (C=O) groups is 1. The second-order valence-corrected chi connectivity index (χ2v) is 6.88. The Labute approximate surface area is 141 Å². The fourth-order valence-electron chi connectivity index (χ4n) is 3.76. The minimum Gasteiger partial charge on any atom is -0.384 e. The first-order chi connectivity index (χ1) is 11.7. The van der Waals surface area contributed by atoms with Crippen molar-refractivity contribution >= 4 is 11.5 Å².